The lowest BCUT2D eigenvalue weighted by Crippen LogP contribution is -2.30. The number of carbonyl (C=O) groups is 2. The summed E-state index contributed by atoms with van der Waals surface area (Å²) in [5.41, 5.74) is 5.03. The molecule has 39 heavy (non-hydrogen) atoms. The quantitative estimate of drug-likeness (QED) is 0.277. The zero-order valence-corrected chi connectivity index (χ0v) is 22.2. The molecule has 1 fully saturated rings. The van der Waals surface area contributed by atoms with Crippen LogP contribution >= 0.6 is 12.2 Å². The molecule has 1 saturated heterocycles. The smallest absolute Gasteiger partial charge is 0.335 e. The minimum absolute atomic E-state index is 0.0325. The predicted molar refractivity (Wildman–Crippen MR) is 152 cm³/mol. The summed E-state index contributed by atoms with van der Waals surface area (Å²) >= 11 is 5.86. The molecule has 9 nitrogen and oxygen atoms in total. The highest BCUT2D eigenvalue weighted by molar-refractivity contribution is 7.80. The fourth-order valence-electron chi connectivity index (χ4n) is 4.85. The Bertz CT molecular complexity index is 1540. The van der Waals surface area contributed by atoms with Gasteiger partial charge >= 0.3 is 5.97 Å². The fourth-order valence-corrected chi connectivity index (χ4v) is 5.19. The van der Waals surface area contributed by atoms with Crippen LogP contribution in [0.15, 0.2) is 85.2 Å². The summed E-state index contributed by atoms with van der Waals surface area (Å²) in [6, 6.07) is 21.6. The number of thiocarbonyl (C=S) groups is 1. The molecule has 3 heterocycles. The van der Waals surface area contributed by atoms with Gasteiger partial charge < -0.3 is 29.9 Å². The highest BCUT2D eigenvalue weighted by atomic mass is 32.1. The molecule has 0 saturated carbocycles. The summed E-state index contributed by atoms with van der Waals surface area (Å²) in [4.78, 5) is 30.4. The van der Waals surface area contributed by atoms with Crippen LogP contribution in [0.3, 0.4) is 0 Å². The monoisotopic (exact) mass is 541 g/mol. The largest absolute Gasteiger partial charge is 0.478 e. The van der Waals surface area contributed by atoms with Crippen molar-refractivity contribution in [3.63, 3.8) is 0 Å². The van der Waals surface area contributed by atoms with Gasteiger partial charge in [0.15, 0.2) is 5.11 Å². The Morgan fingerprint density at radius 1 is 1.08 bits per heavy atom. The number of hydrogen-bond acceptors (Lipinski definition) is 5. The summed E-state index contributed by atoms with van der Waals surface area (Å²) < 4.78 is 6.90. The number of aromatic carboxylic acids is 1. The lowest BCUT2D eigenvalue weighted by molar-refractivity contribution is -0.119. The van der Waals surface area contributed by atoms with Gasteiger partial charge in [0.1, 0.15) is 12.6 Å². The molecule has 2 aromatic carbocycles. The molecule has 4 aromatic rings. The van der Waals surface area contributed by atoms with Crippen LogP contribution in [-0.2, 0) is 9.53 Å². The van der Waals surface area contributed by atoms with E-state index >= 15 is 0 Å². The summed E-state index contributed by atoms with van der Waals surface area (Å²) in [5, 5.41) is 16.4. The van der Waals surface area contributed by atoms with Crippen molar-refractivity contribution in [2.24, 2.45) is 0 Å². The number of aromatic nitrogens is 2. The molecule has 198 valence electrons. The summed E-state index contributed by atoms with van der Waals surface area (Å²) in [5.74, 6) is -1.23. The number of aryl methyl sites for hydroxylation is 1. The van der Waals surface area contributed by atoms with Gasteiger partial charge in [-0.1, -0.05) is 12.1 Å². The van der Waals surface area contributed by atoms with Crippen LogP contribution in [0, 0.1) is 6.92 Å². The average molecular weight is 542 g/mol. The number of amides is 1. The number of nitrogens with zero attached hydrogens (tertiary/aromatic N) is 3. The van der Waals surface area contributed by atoms with E-state index in [4.69, 9.17) is 17.0 Å². The Morgan fingerprint density at radius 3 is 2.64 bits per heavy atom. The second-order valence-electron chi connectivity index (χ2n) is 9.14. The molecule has 0 spiro atoms. The maximum absolute atomic E-state index is 12.1. The SMILES string of the molecule is COCC(=O)Nc1ccc(N2C(=S)N[C@@H](c3ccccn3)[C@H]2c2cccn2-c2cccc(C(=O)O)c2)cc1C. The van der Waals surface area contributed by atoms with Crippen molar-refractivity contribution in [1.29, 1.82) is 0 Å². The number of pyridine rings is 1. The Morgan fingerprint density at radius 2 is 1.92 bits per heavy atom. The van der Waals surface area contributed by atoms with Gasteiger partial charge in [0, 0.05) is 42.3 Å². The molecule has 2 atom stereocenters. The van der Waals surface area contributed by atoms with E-state index in [1.807, 2.05) is 77.2 Å². The van der Waals surface area contributed by atoms with Crippen molar-refractivity contribution in [3.05, 3.63) is 108 Å². The van der Waals surface area contributed by atoms with E-state index in [-0.39, 0.29) is 30.2 Å². The van der Waals surface area contributed by atoms with Crippen molar-refractivity contribution >= 4 is 40.6 Å². The first-order chi connectivity index (χ1) is 18.9. The number of methoxy groups -OCH3 is 1. The summed E-state index contributed by atoms with van der Waals surface area (Å²) in [6.45, 7) is 1.89. The lowest BCUT2D eigenvalue weighted by Gasteiger charge is -2.29. The standard InChI is InChI=1S/C29H27N5O4S/c1-18-15-21(11-12-22(18)31-25(35)17-38-2)34-27(26(32-29(34)39)23-9-3-4-13-30-23)24-10-6-14-33(24)20-8-5-7-19(16-20)28(36)37/h3-16,26-27H,17H2,1-2H3,(H,31,35)(H,32,39)(H,36,37)/t26-,27+/m0/s1. The number of benzene rings is 2. The molecule has 1 aliphatic heterocycles. The van der Waals surface area contributed by atoms with Crippen molar-refractivity contribution in [2.75, 3.05) is 23.9 Å². The van der Waals surface area contributed by atoms with Crippen LogP contribution in [0.4, 0.5) is 11.4 Å². The Kier molecular flexibility index (Phi) is 7.40. The predicted octanol–water partition coefficient (Wildman–Crippen LogP) is 4.64. The normalized spacial score (nSPS) is 16.7. The fraction of sp³-hybridized carbons (Fsp3) is 0.172. The Hall–Kier alpha value is -4.54. The van der Waals surface area contributed by atoms with Gasteiger partial charge in [-0.15, -0.1) is 0 Å². The van der Waals surface area contributed by atoms with Gasteiger partial charge in [-0.3, -0.25) is 9.78 Å². The van der Waals surface area contributed by atoms with E-state index < -0.39 is 5.97 Å². The summed E-state index contributed by atoms with van der Waals surface area (Å²) in [6.07, 6.45) is 3.65. The van der Waals surface area contributed by atoms with Crippen LogP contribution in [0.2, 0.25) is 0 Å². The van der Waals surface area contributed by atoms with Crippen LogP contribution in [0.5, 0.6) is 0 Å². The molecular weight excluding hydrogens is 514 g/mol. The number of ether oxygens (including phenoxy) is 1. The third-order valence-corrected chi connectivity index (χ3v) is 6.90. The molecule has 0 aliphatic carbocycles. The van der Waals surface area contributed by atoms with E-state index in [9.17, 15) is 14.7 Å². The highest BCUT2D eigenvalue weighted by Crippen LogP contribution is 2.43. The lowest BCUT2D eigenvalue weighted by atomic mass is 10.00. The van der Waals surface area contributed by atoms with Gasteiger partial charge in [-0.05, 0) is 85.4 Å². The zero-order chi connectivity index (χ0) is 27.5. The first kappa shape index (κ1) is 26.1. The van der Waals surface area contributed by atoms with Crippen molar-refractivity contribution in [1.82, 2.24) is 14.9 Å². The molecule has 0 bridgehead atoms. The van der Waals surface area contributed by atoms with E-state index in [0.717, 1.165) is 28.3 Å². The van der Waals surface area contributed by atoms with Crippen molar-refractivity contribution in [2.45, 2.75) is 19.0 Å². The number of rotatable bonds is 8. The Labute approximate surface area is 231 Å². The molecule has 0 unspecified atom stereocenters. The van der Waals surface area contributed by atoms with E-state index in [0.29, 0.717) is 10.8 Å². The second-order valence-corrected chi connectivity index (χ2v) is 9.52. The van der Waals surface area contributed by atoms with Crippen LogP contribution in [-0.4, -0.2) is 45.4 Å². The van der Waals surface area contributed by atoms with Crippen molar-refractivity contribution in [3.8, 4) is 5.69 Å². The maximum atomic E-state index is 12.1. The number of nitrogens with one attached hydrogen (secondary N) is 2. The number of anilines is 2. The van der Waals surface area contributed by atoms with Crippen LogP contribution < -0.4 is 15.5 Å². The number of carbonyl (C=O) groups excluding carboxylic acids is 1. The third kappa shape index (κ3) is 5.25. The molecule has 1 aliphatic rings. The average Bonchev–Trinajstić information content (AvgIpc) is 3.55. The molecule has 10 heteroatoms. The molecule has 1 amide bonds. The van der Waals surface area contributed by atoms with E-state index in [2.05, 4.69) is 15.6 Å². The molecule has 2 aromatic heterocycles. The molecule has 5 rings (SSSR count). The first-order valence-corrected chi connectivity index (χ1v) is 12.7. The molecule has 0 radical (unpaired) electrons. The van der Waals surface area contributed by atoms with Gasteiger partial charge in [-0.25, -0.2) is 4.79 Å². The number of carboxylic acid groups (broad SMARTS) is 1. The highest BCUT2D eigenvalue weighted by Gasteiger charge is 2.42. The molecule has 3 N–H and O–H groups in total. The van der Waals surface area contributed by atoms with E-state index in [1.165, 1.54) is 7.11 Å². The first-order valence-electron chi connectivity index (χ1n) is 12.3. The minimum atomic E-state index is -0.990. The van der Waals surface area contributed by atoms with Gasteiger partial charge in [0.25, 0.3) is 0 Å². The van der Waals surface area contributed by atoms with Crippen molar-refractivity contribution < 1.29 is 19.4 Å². The second kappa shape index (κ2) is 11.1. The minimum Gasteiger partial charge on any atom is -0.478 e. The number of hydrogen-bond donors (Lipinski definition) is 3. The van der Waals surface area contributed by atoms with E-state index in [1.54, 1.807) is 24.4 Å². The summed E-state index contributed by atoms with van der Waals surface area (Å²) in [7, 11) is 1.47. The van der Waals surface area contributed by atoms with Gasteiger partial charge in [0.2, 0.25) is 5.91 Å². The third-order valence-electron chi connectivity index (χ3n) is 6.59. The Balaban J connectivity index is 1.60. The maximum Gasteiger partial charge on any atom is 0.335 e. The topological polar surface area (TPSA) is 109 Å². The van der Waals surface area contributed by atoms with Gasteiger partial charge in [-0.2, -0.15) is 0 Å². The number of carboxylic acids is 1. The van der Waals surface area contributed by atoms with Crippen LogP contribution in [0.1, 0.15) is 39.4 Å². The van der Waals surface area contributed by atoms with Crippen LogP contribution in [0.25, 0.3) is 5.69 Å². The zero-order valence-electron chi connectivity index (χ0n) is 21.4. The molecular formula is C29H27N5O4S. The van der Waals surface area contributed by atoms with Gasteiger partial charge in [0.05, 0.1) is 17.3 Å².